The fourth-order valence-electron chi connectivity index (χ4n) is 2.21. The maximum absolute atomic E-state index is 12.2. The predicted molar refractivity (Wildman–Crippen MR) is 85.5 cm³/mol. The number of hydrogen-bond donors (Lipinski definition) is 0. The molecule has 0 aliphatic heterocycles. The minimum Gasteiger partial charge on any atom is -0.460 e. The molecule has 1 aromatic carbocycles. The molecule has 0 aliphatic carbocycles. The van der Waals surface area contributed by atoms with Crippen LogP contribution in [0.1, 0.15) is 46.1 Å². The summed E-state index contributed by atoms with van der Waals surface area (Å²) >= 11 is 0. The third-order valence-electron chi connectivity index (χ3n) is 3.24. The van der Waals surface area contributed by atoms with Crippen LogP contribution in [0.3, 0.4) is 0 Å². The lowest BCUT2D eigenvalue weighted by atomic mass is 9.99. The zero-order valence-electron chi connectivity index (χ0n) is 13.7. The van der Waals surface area contributed by atoms with Gasteiger partial charge in [-0.15, -0.1) is 0 Å². The standard InChI is InChI=1S/C18H14N2O5/c1-3-23-17(21)15-13(10-20)14(16(25-15)18(22)24-4-2)12-7-5-11(9-19)6-8-12/h5-8H,3-4H2,1-2H3. The molecule has 0 radical (unpaired) electrons. The highest BCUT2D eigenvalue weighted by Gasteiger charge is 2.31. The van der Waals surface area contributed by atoms with Crippen molar-refractivity contribution in [1.82, 2.24) is 0 Å². The van der Waals surface area contributed by atoms with Crippen molar-refractivity contribution in [2.45, 2.75) is 13.8 Å². The van der Waals surface area contributed by atoms with E-state index >= 15 is 0 Å². The zero-order chi connectivity index (χ0) is 18.4. The molecule has 1 aromatic heterocycles. The van der Waals surface area contributed by atoms with E-state index in [2.05, 4.69) is 0 Å². The Morgan fingerprint density at radius 2 is 1.52 bits per heavy atom. The van der Waals surface area contributed by atoms with Gasteiger partial charge in [0.1, 0.15) is 11.6 Å². The minimum atomic E-state index is -0.843. The minimum absolute atomic E-state index is 0.0886. The Balaban J connectivity index is 2.69. The fourth-order valence-corrected chi connectivity index (χ4v) is 2.21. The average Bonchev–Trinajstić information content (AvgIpc) is 3.02. The van der Waals surface area contributed by atoms with Crippen LogP contribution in [-0.4, -0.2) is 25.2 Å². The lowest BCUT2D eigenvalue weighted by Crippen LogP contribution is -2.05. The van der Waals surface area contributed by atoms with Crippen LogP contribution in [0.5, 0.6) is 0 Å². The van der Waals surface area contributed by atoms with Crippen LogP contribution in [-0.2, 0) is 9.47 Å². The maximum Gasteiger partial charge on any atom is 0.375 e. The smallest absolute Gasteiger partial charge is 0.375 e. The second kappa shape index (κ2) is 7.80. The summed E-state index contributed by atoms with van der Waals surface area (Å²) in [6, 6.07) is 10.0. The molecule has 0 bridgehead atoms. The fraction of sp³-hybridized carbons (Fsp3) is 0.222. The number of hydrogen-bond acceptors (Lipinski definition) is 7. The van der Waals surface area contributed by atoms with Crippen molar-refractivity contribution in [2.24, 2.45) is 0 Å². The Labute approximate surface area is 144 Å². The van der Waals surface area contributed by atoms with Crippen LogP contribution in [0, 0.1) is 22.7 Å². The number of esters is 2. The van der Waals surface area contributed by atoms with Gasteiger partial charge in [-0.05, 0) is 31.5 Å². The summed E-state index contributed by atoms with van der Waals surface area (Å²) in [6.45, 7) is 3.43. The van der Waals surface area contributed by atoms with Crippen LogP contribution >= 0.6 is 0 Å². The van der Waals surface area contributed by atoms with Crippen molar-refractivity contribution in [1.29, 1.82) is 10.5 Å². The van der Waals surface area contributed by atoms with Gasteiger partial charge < -0.3 is 13.9 Å². The molecule has 0 N–H and O–H groups in total. The van der Waals surface area contributed by atoms with Crippen molar-refractivity contribution < 1.29 is 23.5 Å². The van der Waals surface area contributed by atoms with E-state index in [4.69, 9.17) is 19.2 Å². The zero-order valence-corrected chi connectivity index (χ0v) is 13.7. The molecule has 0 unspecified atom stereocenters. The van der Waals surface area contributed by atoms with Gasteiger partial charge in [-0.1, -0.05) is 12.1 Å². The summed E-state index contributed by atoms with van der Waals surface area (Å²) in [7, 11) is 0. The van der Waals surface area contributed by atoms with E-state index < -0.39 is 11.9 Å². The van der Waals surface area contributed by atoms with Gasteiger partial charge >= 0.3 is 11.9 Å². The molecule has 2 rings (SSSR count). The van der Waals surface area contributed by atoms with Crippen LogP contribution < -0.4 is 0 Å². The van der Waals surface area contributed by atoms with E-state index in [0.29, 0.717) is 11.1 Å². The van der Waals surface area contributed by atoms with Crippen molar-refractivity contribution in [3.8, 4) is 23.3 Å². The first-order valence-corrected chi connectivity index (χ1v) is 7.48. The van der Waals surface area contributed by atoms with E-state index in [9.17, 15) is 14.9 Å². The molecule has 0 atom stereocenters. The largest absolute Gasteiger partial charge is 0.460 e. The highest BCUT2D eigenvalue weighted by Crippen LogP contribution is 2.33. The summed E-state index contributed by atoms with van der Waals surface area (Å²) in [5.74, 6) is -2.25. The number of furan rings is 1. The summed E-state index contributed by atoms with van der Waals surface area (Å²) in [6.07, 6.45) is 0. The van der Waals surface area contributed by atoms with E-state index in [1.807, 2.05) is 12.1 Å². The second-order valence-corrected chi connectivity index (χ2v) is 4.75. The summed E-state index contributed by atoms with van der Waals surface area (Å²) in [5, 5.41) is 18.4. The number of ether oxygens (including phenoxy) is 2. The van der Waals surface area contributed by atoms with E-state index in [-0.39, 0.29) is 35.9 Å². The first-order valence-electron chi connectivity index (χ1n) is 7.48. The first-order chi connectivity index (χ1) is 12.1. The van der Waals surface area contributed by atoms with Gasteiger partial charge in [-0.25, -0.2) is 9.59 Å². The molecule has 7 heteroatoms. The van der Waals surface area contributed by atoms with E-state index in [1.54, 1.807) is 26.0 Å². The number of nitriles is 2. The Bertz CT molecular complexity index is 882. The number of carbonyl (C=O) groups is 2. The topological polar surface area (TPSA) is 113 Å². The van der Waals surface area contributed by atoms with Gasteiger partial charge in [-0.3, -0.25) is 0 Å². The molecule has 1 heterocycles. The molecular weight excluding hydrogens is 324 g/mol. The highest BCUT2D eigenvalue weighted by atomic mass is 16.6. The van der Waals surface area contributed by atoms with Crippen molar-refractivity contribution in [3.63, 3.8) is 0 Å². The van der Waals surface area contributed by atoms with Crippen molar-refractivity contribution >= 4 is 11.9 Å². The Morgan fingerprint density at radius 3 is 2.00 bits per heavy atom. The van der Waals surface area contributed by atoms with Gasteiger partial charge in [0.05, 0.1) is 30.4 Å². The molecule has 0 amide bonds. The van der Waals surface area contributed by atoms with Crippen LogP contribution in [0.15, 0.2) is 28.7 Å². The van der Waals surface area contributed by atoms with Gasteiger partial charge in [-0.2, -0.15) is 10.5 Å². The molecule has 25 heavy (non-hydrogen) atoms. The van der Waals surface area contributed by atoms with Gasteiger partial charge in [0.15, 0.2) is 0 Å². The Kier molecular flexibility index (Phi) is 5.54. The van der Waals surface area contributed by atoms with Crippen molar-refractivity contribution in [3.05, 3.63) is 46.9 Å². The Morgan fingerprint density at radius 1 is 0.960 bits per heavy atom. The third kappa shape index (κ3) is 3.51. The molecule has 126 valence electrons. The number of benzene rings is 1. The van der Waals surface area contributed by atoms with Crippen LogP contribution in [0.25, 0.3) is 11.1 Å². The molecule has 0 saturated heterocycles. The third-order valence-corrected chi connectivity index (χ3v) is 3.24. The molecule has 0 saturated carbocycles. The summed E-state index contributed by atoms with van der Waals surface area (Å²) < 4.78 is 15.2. The van der Waals surface area contributed by atoms with Gasteiger partial charge in [0.2, 0.25) is 11.5 Å². The molecule has 0 spiro atoms. The van der Waals surface area contributed by atoms with Gasteiger partial charge in [0.25, 0.3) is 0 Å². The van der Waals surface area contributed by atoms with Crippen molar-refractivity contribution in [2.75, 3.05) is 13.2 Å². The van der Waals surface area contributed by atoms with E-state index in [0.717, 1.165) is 0 Å². The second-order valence-electron chi connectivity index (χ2n) is 4.75. The molecular formula is C18H14N2O5. The van der Waals surface area contributed by atoms with Crippen LogP contribution in [0.2, 0.25) is 0 Å². The number of rotatable bonds is 5. The monoisotopic (exact) mass is 338 g/mol. The molecule has 0 aliphatic rings. The quantitative estimate of drug-likeness (QED) is 0.770. The highest BCUT2D eigenvalue weighted by molar-refractivity contribution is 6.01. The molecule has 2 aromatic rings. The normalized spacial score (nSPS) is 9.76. The van der Waals surface area contributed by atoms with E-state index in [1.165, 1.54) is 12.1 Å². The van der Waals surface area contributed by atoms with Gasteiger partial charge in [0, 0.05) is 0 Å². The molecule has 0 fully saturated rings. The summed E-state index contributed by atoms with van der Waals surface area (Å²) in [5.41, 5.74) is 0.867. The number of carbonyl (C=O) groups excluding carboxylic acids is 2. The Hall–Kier alpha value is -3.58. The summed E-state index contributed by atoms with van der Waals surface area (Å²) in [4.78, 5) is 24.2. The maximum atomic E-state index is 12.2. The predicted octanol–water partition coefficient (Wildman–Crippen LogP) is 3.04. The lowest BCUT2D eigenvalue weighted by Gasteiger charge is -2.03. The SMILES string of the molecule is CCOC(=O)c1oc(C(=O)OCC)c(-c2ccc(C#N)cc2)c1C#N. The lowest BCUT2D eigenvalue weighted by molar-refractivity contribution is 0.0456. The molecule has 7 nitrogen and oxygen atoms in total. The number of nitrogens with zero attached hydrogens (tertiary/aromatic N) is 2. The van der Waals surface area contributed by atoms with Crippen LogP contribution in [0.4, 0.5) is 0 Å². The average molecular weight is 338 g/mol. The first kappa shape index (κ1) is 17.8.